The number of carbonyl (C=O) groups excluding carboxylic acids is 1. The zero-order valence-electron chi connectivity index (χ0n) is 16.0. The van der Waals surface area contributed by atoms with Crippen LogP contribution in [0.4, 0.5) is 5.69 Å². The van der Waals surface area contributed by atoms with Crippen LogP contribution in [0.1, 0.15) is 47.8 Å². The highest BCUT2D eigenvalue weighted by Crippen LogP contribution is 2.28. The average Bonchev–Trinajstić information content (AvgIpc) is 3.37. The lowest BCUT2D eigenvalue weighted by Gasteiger charge is -2.11. The van der Waals surface area contributed by atoms with E-state index in [4.69, 9.17) is 8.94 Å². The van der Waals surface area contributed by atoms with E-state index in [0.717, 1.165) is 12.1 Å². The van der Waals surface area contributed by atoms with Crippen LogP contribution in [0.3, 0.4) is 0 Å². The number of aryl methyl sites for hydroxylation is 1. The molecule has 0 bridgehead atoms. The summed E-state index contributed by atoms with van der Waals surface area (Å²) in [6.45, 7) is 6.14. The van der Waals surface area contributed by atoms with Gasteiger partial charge in [0, 0.05) is 5.69 Å². The van der Waals surface area contributed by atoms with Gasteiger partial charge in [-0.05, 0) is 55.2 Å². The van der Waals surface area contributed by atoms with Gasteiger partial charge in [0.15, 0.2) is 5.76 Å². The molecule has 0 aliphatic carbocycles. The number of rotatable bonds is 5. The van der Waals surface area contributed by atoms with E-state index < -0.39 is 0 Å². The quantitative estimate of drug-likeness (QED) is 0.494. The number of amides is 1. The predicted octanol–water partition coefficient (Wildman–Crippen LogP) is 5.56. The Hall–Kier alpha value is -3.41. The van der Waals surface area contributed by atoms with Gasteiger partial charge in [0.1, 0.15) is 5.69 Å². The summed E-state index contributed by atoms with van der Waals surface area (Å²) in [5.74, 6) is 0.797. The highest BCUT2D eigenvalue weighted by atomic mass is 16.5. The SMILES string of the molecule is CC[C@H](C)c1ccc(NC(=O)c2cc(-c3ccco3)nc3onc(C)c23)cc1. The third-order valence-electron chi connectivity index (χ3n) is 4.99. The molecule has 1 aromatic carbocycles. The molecule has 6 heteroatoms. The number of nitrogens with zero attached hydrogens (tertiary/aromatic N) is 2. The largest absolute Gasteiger partial charge is 0.463 e. The molecule has 4 aromatic rings. The minimum Gasteiger partial charge on any atom is -0.463 e. The number of hydrogen-bond donors (Lipinski definition) is 1. The van der Waals surface area contributed by atoms with Crippen LogP contribution in [-0.4, -0.2) is 16.0 Å². The lowest BCUT2D eigenvalue weighted by Crippen LogP contribution is -2.13. The first kappa shape index (κ1) is 18.0. The van der Waals surface area contributed by atoms with Crippen LogP contribution in [-0.2, 0) is 0 Å². The highest BCUT2D eigenvalue weighted by Gasteiger charge is 2.20. The Morgan fingerprint density at radius 3 is 2.68 bits per heavy atom. The number of anilines is 1. The minimum absolute atomic E-state index is 0.247. The molecule has 0 aliphatic heterocycles. The van der Waals surface area contributed by atoms with Crippen LogP contribution in [0.25, 0.3) is 22.6 Å². The first-order valence-electron chi connectivity index (χ1n) is 9.29. The van der Waals surface area contributed by atoms with E-state index in [-0.39, 0.29) is 5.91 Å². The molecule has 6 nitrogen and oxygen atoms in total. The maximum Gasteiger partial charge on any atom is 0.259 e. The first-order valence-corrected chi connectivity index (χ1v) is 9.29. The van der Waals surface area contributed by atoms with Crippen LogP contribution in [0.5, 0.6) is 0 Å². The number of furan rings is 1. The number of hydrogen-bond acceptors (Lipinski definition) is 5. The van der Waals surface area contributed by atoms with Crippen molar-refractivity contribution in [1.29, 1.82) is 0 Å². The van der Waals surface area contributed by atoms with Gasteiger partial charge in [0.25, 0.3) is 11.6 Å². The summed E-state index contributed by atoms with van der Waals surface area (Å²) in [5, 5.41) is 7.52. The molecule has 0 radical (unpaired) electrons. The Morgan fingerprint density at radius 1 is 1.21 bits per heavy atom. The van der Waals surface area contributed by atoms with Crippen molar-refractivity contribution >= 4 is 22.7 Å². The molecular weight excluding hydrogens is 354 g/mol. The monoisotopic (exact) mass is 375 g/mol. The van der Waals surface area contributed by atoms with Gasteiger partial charge in [-0.25, -0.2) is 4.98 Å². The number of nitrogens with one attached hydrogen (secondary N) is 1. The number of aromatic nitrogens is 2. The van der Waals surface area contributed by atoms with Crippen LogP contribution >= 0.6 is 0 Å². The Labute approximate surface area is 162 Å². The molecule has 0 unspecified atom stereocenters. The van der Waals surface area contributed by atoms with E-state index >= 15 is 0 Å². The third-order valence-corrected chi connectivity index (χ3v) is 4.99. The second kappa shape index (κ2) is 7.31. The molecule has 3 heterocycles. The second-order valence-corrected chi connectivity index (χ2v) is 6.87. The molecule has 0 saturated heterocycles. The topological polar surface area (TPSA) is 81.2 Å². The number of benzene rings is 1. The van der Waals surface area contributed by atoms with Gasteiger partial charge in [-0.1, -0.05) is 31.1 Å². The molecule has 3 aromatic heterocycles. The zero-order valence-corrected chi connectivity index (χ0v) is 16.0. The molecule has 28 heavy (non-hydrogen) atoms. The van der Waals surface area contributed by atoms with Gasteiger partial charge in [-0.3, -0.25) is 4.79 Å². The Bertz CT molecular complexity index is 1110. The number of fused-ring (bicyclic) bond motifs is 1. The summed E-state index contributed by atoms with van der Waals surface area (Å²) in [5.41, 5.74) is 3.87. The van der Waals surface area contributed by atoms with Gasteiger partial charge < -0.3 is 14.3 Å². The second-order valence-electron chi connectivity index (χ2n) is 6.87. The average molecular weight is 375 g/mol. The lowest BCUT2D eigenvalue weighted by molar-refractivity contribution is 0.102. The van der Waals surface area contributed by atoms with Crippen LogP contribution in [0.15, 0.2) is 57.7 Å². The van der Waals surface area contributed by atoms with Crippen molar-refractivity contribution in [3.05, 3.63) is 65.5 Å². The normalized spacial score (nSPS) is 12.2. The summed E-state index contributed by atoms with van der Waals surface area (Å²) in [6, 6.07) is 13.2. The fourth-order valence-corrected chi connectivity index (χ4v) is 3.15. The van der Waals surface area contributed by atoms with E-state index in [0.29, 0.717) is 39.7 Å². The third kappa shape index (κ3) is 3.29. The van der Waals surface area contributed by atoms with Crippen molar-refractivity contribution in [3.63, 3.8) is 0 Å². The maximum atomic E-state index is 13.0. The summed E-state index contributed by atoms with van der Waals surface area (Å²) >= 11 is 0. The molecule has 142 valence electrons. The molecule has 1 atom stereocenters. The fourth-order valence-electron chi connectivity index (χ4n) is 3.15. The van der Waals surface area contributed by atoms with Gasteiger partial charge in [0.05, 0.1) is 22.9 Å². The molecule has 1 amide bonds. The van der Waals surface area contributed by atoms with E-state index in [1.165, 1.54) is 5.56 Å². The van der Waals surface area contributed by atoms with Gasteiger partial charge >= 0.3 is 0 Å². The highest BCUT2D eigenvalue weighted by molar-refractivity contribution is 6.12. The van der Waals surface area contributed by atoms with E-state index in [2.05, 4.69) is 29.3 Å². The number of carbonyl (C=O) groups is 1. The standard InChI is InChI=1S/C22H21N3O3/c1-4-13(2)15-7-9-16(10-8-15)23-21(26)17-12-18(19-6-5-11-27-19)24-22-20(17)14(3)25-28-22/h5-13H,4H2,1-3H3,(H,23,26)/t13-/m0/s1. The van der Waals surface area contributed by atoms with Crippen LogP contribution in [0, 0.1) is 6.92 Å². The summed E-state index contributed by atoms with van der Waals surface area (Å²) < 4.78 is 10.7. The molecule has 1 N–H and O–H groups in total. The summed E-state index contributed by atoms with van der Waals surface area (Å²) in [4.78, 5) is 17.5. The number of pyridine rings is 1. The summed E-state index contributed by atoms with van der Waals surface area (Å²) in [7, 11) is 0. The first-order chi connectivity index (χ1) is 13.6. The van der Waals surface area contributed by atoms with Crippen molar-refractivity contribution in [2.75, 3.05) is 5.32 Å². The smallest absolute Gasteiger partial charge is 0.259 e. The van der Waals surface area contributed by atoms with Gasteiger partial charge in [-0.15, -0.1) is 0 Å². The zero-order chi connectivity index (χ0) is 19.7. The minimum atomic E-state index is -0.247. The van der Waals surface area contributed by atoms with E-state index in [1.807, 2.05) is 24.3 Å². The van der Waals surface area contributed by atoms with E-state index in [9.17, 15) is 4.79 Å². The molecule has 0 aliphatic rings. The molecular formula is C22H21N3O3. The summed E-state index contributed by atoms with van der Waals surface area (Å²) in [6.07, 6.45) is 2.63. The van der Waals surface area contributed by atoms with Crippen molar-refractivity contribution < 1.29 is 13.7 Å². The molecule has 0 spiro atoms. The maximum absolute atomic E-state index is 13.0. The van der Waals surface area contributed by atoms with Crippen molar-refractivity contribution in [1.82, 2.24) is 10.1 Å². The fraction of sp³-hybridized carbons (Fsp3) is 0.227. The molecule has 4 rings (SSSR count). The molecule has 0 fully saturated rings. The lowest BCUT2D eigenvalue weighted by atomic mass is 9.98. The molecule has 0 saturated carbocycles. The van der Waals surface area contributed by atoms with Crippen molar-refractivity contribution in [3.8, 4) is 11.5 Å². The van der Waals surface area contributed by atoms with Crippen LogP contribution < -0.4 is 5.32 Å². The van der Waals surface area contributed by atoms with Crippen molar-refractivity contribution in [2.45, 2.75) is 33.1 Å². The predicted molar refractivity (Wildman–Crippen MR) is 107 cm³/mol. The Kier molecular flexibility index (Phi) is 4.69. The van der Waals surface area contributed by atoms with Crippen molar-refractivity contribution in [2.24, 2.45) is 0 Å². The Morgan fingerprint density at radius 2 is 2.00 bits per heavy atom. The van der Waals surface area contributed by atoms with Crippen LogP contribution in [0.2, 0.25) is 0 Å². The van der Waals surface area contributed by atoms with Gasteiger partial charge in [0.2, 0.25) is 0 Å². The van der Waals surface area contributed by atoms with E-state index in [1.54, 1.807) is 31.4 Å². The van der Waals surface area contributed by atoms with Gasteiger partial charge in [-0.2, -0.15) is 0 Å². The Balaban J connectivity index is 1.69.